The molecule has 0 spiro atoms. The summed E-state index contributed by atoms with van der Waals surface area (Å²) in [6, 6.07) is 12.5. The summed E-state index contributed by atoms with van der Waals surface area (Å²) in [6.07, 6.45) is 0.634. The lowest BCUT2D eigenvalue weighted by Gasteiger charge is -2.12. The number of benzene rings is 2. The molecule has 2 aromatic rings. The van der Waals surface area contributed by atoms with Crippen molar-refractivity contribution in [3.05, 3.63) is 64.7 Å². The summed E-state index contributed by atoms with van der Waals surface area (Å²) in [7, 11) is 0. The molecule has 2 N–H and O–H groups in total. The Hall–Kier alpha value is -2.82. The molecule has 0 saturated heterocycles. The van der Waals surface area contributed by atoms with Crippen LogP contribution in [0.15, 0.2) is 42.5 Å². The zero-order valence-electron chi connectivity index (χ0n) is 13.8. The van der Waals surface area contributed by atoms with Crippen LogP contribution in [0.5, 0.6) is 5.75 Å². The second-order valence-electron chi connectivity index (χ2n) is 5.61. The lowest BCUT2D eigenvalue weighted by atomic mass is 10.1. The van der Waals surface area contributed by atoms with Crippen LogP contribution in [-0.2, 0) is 11.2 Å². The lowest BCUT2D eigenvalue weighted by molar-refractivity contribution is -0.123. The van der Waals surface area contributed by atoms with E-state index in [1.165, 1.54) is 0 Å². The highest BCUT2D eigenvalue weighted by Gasteiger charge is 2.07. The Morgan fingerprint density at radius 2 is 1.67 bits per heavy atom. The molecule has 24 heavy (non-hydrogen) atoms. The summed E-state index contributed by atoms with van der Waals surface area (Å²) < 4.78 is 5.60. The number of carboxylic acids is 1. The molecule has 0 radical (unpaired) electrons. The third kappa shape index (κ3) is 4.84. The van der Waals surface area contributed by atoms with Crippen molar-refractivity contribution >= 4 is 11.9 Å². The van der Waals surface area contributed by atoms with Gasteiger partial charge in [-0.25, -0.2) is 4.79 Å². The molecule has 5 heteroatoms. The summed E-state index contributed by atoms with van der Waals surface area (Å²) in [5.74, 6) is -0.379. The first-order valence-electron chi connectivity index (χ1n) is 7.75. The zero-order valence-corrected chi connectivity index (χ0v) is 13.8. The molecule has 5 nitrogen and oxygen atoms in total. The molecule has 0 aliphatic rings. The van der Waals surface area contributed by atoms with Crippen LogP contribution in [0.1, 0.15) is 27.0 Å². The first-order valence-corrected chi connectivity index (χ1v) is 7.75. The van der Waals surface area contributed by atoms with E-state index in [0.29, 0.717) is 13.0 Å². The van der Waals surface area contributed by atoms with Crippen LogP contribution >= 0.6 is 0 Å². The van der Waals surface area contributed by atoms with E-state index < -0.39 is 5.97 Å². The van der Waals surface area contributed by atoms with E-state index in [-0.39, 0.29) is 18.1 Å². The van der Waals surface area contributed by atoms with Gasteiger partial charge >= 0.3 is 5.97 Å². The Labute approximate surface area is 141 Å². The molecule has 126 valence electrons. The van der Waals surface area contributed by atoms with E-state index in [4.69, 9.17) is 9.84 Å². The SMILES string of the molecule is Cc1cccc(C)c1OCC(=O)NCCc1ccc(C(=O)O)cc1. The second-order valence-corrected chi connectivity index (χ2v) is 5.61. The fraction of sp³-hybridized carbons (Fsp3) is 0.263. The summed E-state index contributed by atoms with van der Waals surface area (Å²) in [4.78, 5) is 22.6. The molecule has 0 heterocycles. The summed E-state index contributed by atoms with van der Waals surface area (Å²) >= 11 is 0. The van der Waals surface area contributed by atoms with Crippen LogP contribution in [0.4, 0.5) is 0 Å². The van der Waals surface area contributed by atoms with Crippen LogP contribution in [0.3, 0.4) is 0 Å². The van der Waals surface area contributed by atoms with Crippen molar-refractivity contribution in [3.63, 3.8) is 0 Å². The maximum absolute atomic E-state index is 11.9. The Kier molecular flexibility index (Phi) is 5.95. The molecule has 1 amide bonds. The number of rotatable bonds is 7. The number of para-hydroxylation sites is 1. The van der Waals surface area contributed by atoms with Crippen LogP contribution in [0.2, 0.25) is 0 Å². The Bertz CT molecular complexity index is 702. The van der Waals surface area contributed by atoms with E-state index in [2.05, 4.69) is 5.32 Å². The number of carbonyl (C=O) groups excluding carboxylic acids is 1. The van der Waals surface area contributed by atoms with Crippen molar-refractivity contribution in [1.82, 2.24) is 5.32 Å². The monoisotopic (exact) mass is 327 g/mol. The average molecular weight is 327 g/mol. The minimum absolute atomic E-state index is 0.0242. The van der Waals surface area contributed by atoms with Crippen molar-refractivity contribution < 1.29 is 19.4 Å². The highest BCUT2D eigenvalue weighted by Crippen LogP contribution is 2.21. The quantitative estimate of drug-likeness (QED) is 0.820. The van der Waals surface area contributed by atoms with Gasteiger partial charge in [0.05, 0.1) is 5.56 Å². The fourth-order valence-electron chi connectivity index (χ4n) is 2.38. The number of carboxylic acid groups (broad SMARTS) is 1. The second kappa shape index (κ2) is 8.15. The molecular weight excluding hydrogens is 306 g/mol. The smallest absolute Gasteiger partial charge is 0.335 e. The van der Waals surface area contributed by atoms with Crippen LogP contribution in [-0.4, -0.2) is 30.1 Å². The largest absolute Gasteiger partial charge is 0.483 e. The number of amides is 1. The number of carbonyl (C=O) groups is 2. The lowest BCUT2D eigenvalue weighted by Crippen LogP contribution is -2.30. The molecule has 2 aromatic carbocycles. The van der Waals surface area contributed by atoms with Crippen molar-refractivity contribution in [1.29, 1.82) is 0 Å². The highest BCUT2D eigenvalue weighted by atomic mass is 16.5. The molecule has 2 rings (SSSR count). The van der Waals surface area contributed by atoms with Crippen LogP contribution < -0.4 is 10.1 Å². The first kappa shape index (κ1) is 17.5. The van der Waals surface area contributed by atoms with E-state index in [0.717, 1.165) is 22.4 Å². The van der Waals surface area contributed by atoms with Crippen molar-refractivity contribution in [2.45, 2.75) is 20.3 Å². The maximum atomic E-state index is 11.9. The van der Waals surface area contributed by atoms with E-state index in [9.17, 15) is 9.59 Å². The highest BCUT2D eigenvalue weighted by molar-refractivity contribution is 5.87. The van der Waals surface area contributed by atoms with Gasteiger partial charge in [-0.3, -0.25) is 4.79 Å². The zero-order chi connectivity index (χ0) is 17.5. The van der Waals surface area contributed by atoms with Gasteiger partial charge in [0.1, 0.15) is 5.75 Å². The van der Waals surface area contributed by atoms with Gasteiger partial charge in [-0.15, -0.1) is 0 Å². The van der Waals surface area contributed by atoms with Gasteiger partial charge in [-0.1, -0.05) is 30.3 Å². The van der Waals surface area contributed by atoms with Gasteiger partial charge in [0.2, 0.25) is 0 Å². The average Bonchev–Trinajstić information content (AvgIpc) is 2.55. The molecule has 0 fully saturated rings. The predicted molar refractivity (Wildman–Crippen MR) is 91.5 cm³/mol. The molecule has 0 atom stereocenters. The van der Waals surface area contributed by atoms with Gasteiger partial charge in [0, 0.05) is 6.54 Å². The first-order chi connectivity index (χ1) is 11.5. The normalized spacial score (nSPS) is 10.2. The van der Waals surface area contributed by atoms with Gasteiger partial charge < -0.3 is 15.2 Å². The van der Waals surface area contributed by atoms with Gasteiger partial charge in [0.15, 0.2) is 6.61 Å². The van der Waals surface area contributed by atoms with Crippen LogP contribution in [0, 0.1) is 13.8 Å². The van der Waals surface area contributed by atoms with E-state index in [1.807, 2.05) is 32.0 Å². The Morgan fingerprint density at radius 1 is 1.04 bits per heavy atom. The standard InChI is InChI=1S/C19H21NO4/c1-13-4-3-5-14(2)18(13)24-12-17(21)20-11-10-15-6-8-16(9-7-15)19(22)23/h3-9H,10-12H2,1-2H3,(H,20,21)(H,22,23). The fourth-order valence-corrected chi connectivity index (χ4v) is 2.38. The number of hydrogen-bond acceptors (Lipinski definition) is 3. The van der Waals surface area contributed by atoms with E-state index in [1.54, 1.807) is 24.3 Å². The van der Waals surface area contributed by atoms with Crippen molar-refractivity contribution in [3.8, 4) is 5.75 Å². The third-order valence-electron chi connectivity index (χ3n) is 3.69. The minimum atomic E-state index is -0.946. The number of nitrogens with one attached hydrogen (secondary N) is 1. The molecule has 0 unspecified atom stereocenters. The van der Waals surface area contributed by atoms with Crippen molar-refractivity contribution in [2.75, 3.05) is 13.2 Å². The predicted octanol–water partition coefficient (Wildman–Crippen LogP) is 2.74. The summed E-state index contributed by atoms with van der Waals surface area (Å²) in [5.41, 5.74) is 3.23. The molecule has 0 bridgehead atoms. The van der Waals surface area contributed by atoms with Gasteiger partial charge in [-0.2, -0.15) is 0 Å². The number of ether oxygens (including phenoxy) is 1. The molecule has 0 saturated carbocycles. The maximum Gasteiger partial charge on any atom is 0.335 e. The minimum Gasteiger partial charge on any atom is -0.483 e. The number of aromatic carboxylic acids is 1. The number of hydrogen-bond donors (Lipinski definition) is 2. The van der Waals surface area contributed by atoms with Gasteiger partial charge in [-0.05, 0) is 49.1 Å². The summed E-state index contributed by atoms with van der Waals surface area (Å²) in [6.45, 7) is 4.34. The topological polar surface area (TPSA) is 75.6 Å². The Balaban J connectivity index is 1.76. The van der Waals surface area contributed by atoms with Gasteiger partial charge in [0.25, 0.3) is 5.91 Å². The molecular formula is C19H21NO4. The molecule has 0 aromatic heterocycles. The van der Waals surface area contributed by atoms with Crippen LogP contribution in [0.25, 0.3) is 0 Å². The summed E-state index contributed by atoms with van der Waals surface area (Å²) in [5, 5.41) is 11.6. The van der Waals surface area contributed by atoms with Crippen molar-refractivity contribution in [2.24, 2.45) is 0 Å². The Morgan fingerprint density at radius 3 is 2.25 bits per heavy atom. The third-order valence-corrected chi connectivity index (χ3v) is 3.69. The number of aryl methyl sites for hydroxylation is 2. The van der Waals surface area contributed by atoms with E-state index >= 15 is 0 Å². The molecule has 0 aliphatic heterocycles. The molecule has 0 aliphatic carbocycles.